The van der Waals surface area contributed by atoms with Gasteiger partial charge in [-0.2, -0.15) is 0 Å². The predicted molar refractivity (Wildman–Crippen MR) is 106 cm³/mol. The van der Waals surface area contributed by atoms with Crippen LogP contribution in [0, 0.1) is 0 Å². The Balaban J connectivity index is 1.40. The molecule has 5 nitrogen and oxygen atoms in total. The molecular formula is C20H22BrN3O2. The van der Waals surface area contributed by atoms with Gasteiger partial charge in [-0.05, 0) is 42.8 Å². The van der Waals surface area contributed by atoms with Crippen molar-refractivity contribution in [2.24, 2.45) is 0 Å². The Labute approximate surface area is 161 Å². The minimum absolute atomic E-state index is 0.0819. The molecule has 0 aromatic heterocycles. The number of likely N-dealkylation sites (tertiary alicyclic amines) is 1. The van der Waals surface area contributed by atoms with E-state index in [4.69, 9.17) is 0 Å². The predicted octanol–water partition coefficient (Wildman–Crippen LogP) is 3.28. The molecule has 0 spiro atoms. The fourth-order valence-corrected chi connectivity index (χ4v) is 3.28. The van der Waals surface area contributed by atoms with Crippen molar-refractivity contribution >= 4 is 33.4 Å². The zero-order valence-electron chi connectivity index (χ0n) is 14.5. The molecule has 2 N–H and O–H groups in total. The van der Waals surface area contributed by atoms with Crippen molar-refractivity contribution in [3.8, 4) is 0 Å². The van der Waals surface area contributed by atoms with Gasteiger partial charge in [0.25, 0.3) is 5.91 Å². The van der Waals surface area contributed by atoms with E-state index in [0.717, 1.165) is 23.1 Å². The fraction of sp³-hybridized carbons (Fsp3) is 0.300. The lowest BCUT2D eigenvalue weighted by atomic mass is 10.2. The van der Waals surface area contributed by atoms with Crippen LogP contribution in [0.25, 0.3) is 0 Å². The van der Waals surface area contributed by atoms with Crippen LogP contribution in [-0.4, -0.2) is 42.4 Å². The molecule has 3 rings (SSSR count). The van der Waals surface area contributed by atoms with E-state index in [-0.39, 0.29) is 17.9 Å². The van der Waals surface area contributed by atoms with Crippen LogP contribution in [-0.2, 0) is 4.79 Å². The highest BCUT2D eigenvalue weighted by Crippen LogP contribution is 2.16. The van der Waals surface area contributed by atoms with Crippen molar-refractivity contribution in [1.82, 2.24) is 10.2 Å². The number of halogens is 1. The molecule has 2 aromatic rings. The lowest BCUT2D eigenvalue weighted by molar-refractivity contribution is -0.130. The average molecular weight is 416 g/mol. The van der Waals surface area contributed by atoms with E-state index in [1.807, 2.05) is 47.4 Å². The highest BCUT2D eigenvalue weighted by Gasteiger charge is 2.25. The summed E-state index contributed by atoms with van der Waals surface area (Å²) < 4.78 is 0.928. The molecule has 2 amide bonds. The van der Waals surface area contributed by atoms with Crippen molar-refractivity contribution in [2.75, 3.05) is 25.0 Å². The van der Waals surface area contributed by atoms with E-state index in [0.29, 0.717) is 25.1 Å². The summed E-state index contributed by atoms with van der Waals surface area (Å²) in [5, 5.41) is 6.27. The molecule has 1 atom stereocenters. The van der Waals surface area contributed by atoms with Gasteiger partial charge in [0.2, 0.25) is 5.91 Å². The highest BCUT2D eigenvalue weighted by atomic mass is 79.9. The van der Waals surface area contributed by atoms with Gasteiger partial charge in [0, 0.05) is 47.8 Å². The van der Waals surface area contributed by atoms with E-state index in [1.165, 1.54) is 0 Å². The number of amides is 2. The minimum Gasteiger partial charge on any atom is -0.380 e. The number of hydrogen-bond donors (Lipinski definition) is 2. The number of rotatable bonds is 6. The minimum atomic E-state index is -0.157. The number of carbonyl (C=O) groups excluding carboxylic acids is 2. The second-order valence-corrected chi connectivity index (χ2v) is 7.26. The van der Waals surface area contributed by atoms with Crippen LogP contribution in [0.1, 0.15) is 23.2 Å². The molecule has 136 valence electrons. The van der Waals surface area contributed by atoms with Crippen molar-refractivity contribution in [3.63, 3.8) is 0 Å². The Hall–Kier alpha value is -2.34. The number of nitrogens with zero attached hydrogens (tertiary/aromatic N) is 1. The molecule has 1 saturated heterocycles. The van der Waals surface area contributed by atoms with Crippen LogP contribution >= 0.6 is 15.9 Å². The Morgan fingerprint density at radius 2 is 1.81 bits per heavy atom. The maximum Gasteiger partial charge on any atom is 0.251 e. The van der Waals surface area contributed by atoms with Gasteiger partial charge in [0.1, 0.15) is 0 Å². The van der Waals surface area contributed by atoms with E-state index in [9.17, 15) is 9.59 Å². The van der Waals surface area contributed by atoms with Gasteiger partial charge in [0.15, 0.2) is 0 Å². The Kier molecular flexibility index (Phi) is 6.28. The maximum atomic E-state index is 12.3. The summed E-state index contributed by atoms with van der Waals surface area (Å²) in [6.45, 7) is 1.80. The topological polar surface area (TPSA) is 61.4 Å². The number of para-hydroxylation sites is 1. The summed E-state index contributed by atoms with van der Waals surface area (Å²) in [5.74, 6) is -0.0752. The molecule has 0 bridgehead atoms. The molecule has 1 aliphatic heterocycles. The molecule has 26 heavy (non-hydrogen) atoms. The first kappa shape index (κ1) is 18.5. The smallest absolute Gasteiger partial charge is 0.251 e. The Morgan fingerprint density at radius 3 is 2.54 bits per heavy atom. The fourth-order valence-electron chi connectivity index (χ4n) is 3.02. The van der Waals surface area contributed by atoms with E-state index >= 15 is 0 Å². The molecule has 6 heteroatoms. The van der Waals surface area contributed by atoms with E-state index in [2.05, 4.69) is 26.6 Å². The molecular weight excluding hydrogens is 394 g/mol. The Bertz CT molecular complexity index is 749. The van der Waals surface area contributed by atoms with E-state index < -0.39 is 0 Å². The van der Waals surface area contributed by atoms with Gasteiger partial charge in [-0.3, -0.25) is 9.59 Å². The second kappa shape index (κ2) is 8.85. The van der Waals surface area contributed by atoms with Crippen LogP contribution < -0.4 is 10.6 Å². The number of anilines is 1. The Morgan fingerprint density at radius 1 is 1.08 bits per heavy atom. The second-order valence-electron chi connectivity index (χ2n) is 6.35. The first-order chi connectivity index (χ1) is 12.6. The normalized spacial score (nSPS) is 16.3. The highest BCUT2D eigenvalue weighted by molar-refractivity contribution is 9.10. The summed E-state index contributed by atoms with van der Waals surface area (Å²) in [5.41, 5.74) is 1.67. The summed E-state index contributed by atoms with van der Waals surface area (Å²) in [6, 6.07) is 17.5. The summed E-state index contributed by atoms with van der Waals surface area (Å²) in [4.78, 5) is 26.3. The lowest BCUT2D eigenvalue weighted by Gasteiger charge is -2.18. The van der Waals surface area contributed by atoms with Crippen molar-refractivity contribution < 1.29 is 9.59 Å². The number of hydrogen-bond acceptors (Lipinski definition) is 3. The van der Waals surface area contributed by atoms with Gasteiger partial charge in [-0.15, -0.1) is 0 Å². The third-order valence-corrected chi connectivity index (χ3v) is 4.95. The zero-order valence-corrected chi connectivity index (χ0v) is 16.0. The lowest BCUT2D eigenvalue weighted by Crippen LogP contribution is -2.34. The van der Waals surface area contributed by atoms with Gasteiger partial charge in [-0.25, -0.2) is 0 Å². The molecule has 1 aliphatic rings. The number of nitrogens with one attached hydrogen (secondary N) is 2. The van der Waals surface area contributed by atoms with Crippen LogP contribution in [0.15, 0.2) is 59.1 Å². The van der Waals surface area contributed by atoms with Crippen LogP contribution in [0.5, 0.6) is 0 Å². The standard InChI is InChI=1S/C20H22BrN3O2/c21-16-8-6-15(7-9-16)20(26)22-12-10-19(25)24-13-11-18(14-24)23-17-4-2-1-3-5-17/h1-9,18,23H,10-14H2,(H,22,26). The van der Waals surface area contributed by atoms with Crippen molar-refractivity contribution in [2.45, 2.75) is 18.9 Å². The first-order valence-corrected chi connectivity index (χ1v) is 9.54. The molecule has 0 radical (unpaired) electrons. The molecule has 0 saturated carbocycles. The van der Waals surface area contributed by atoms with Crippen LogP contribution in [0.2, 0.25) is 0 Å². The third-order valence-electron chi connectivity index (χ3n) is 4.42. The van der Waals surface area contributed by atoms with Gasteiger partial charge >= 0.3 is 0 Å². The summed E-state index contributed by atoms with van der Waals surface area (Å²) in [6.07, 6.45) is 1.26. The molecule has 2 aromatic carbocycles. The number of carbonyl (C=O) groups is 2. The largest absolute Gasteiger partial charge is 0.380 e. The van der Waals surface area contributed by atoms with Crippen LogP contribution in [0.3, 0.4) is 0 Å². The SMILES string of the molecule is O=C(NCCC(=O)N1CCC(Nc2ccccc2)C1)c1ccc(Br)cc1. The summed E-state index contributed by atoms with van der Waals surface area (Å²) in [7, 11) is 0. The molecule has 0 aliphatic carbocycles. The monoisotopic (exact) mass is 415 g/mol. The molecule has 1 fully saturated rings. The van der Waals surface area contributed by atoms with Crippen LogP contribution in [0.4, 0.5) is 5.69 Å². The maximum absolute atomic E-state index is 12.3. The zero-order chi connectivity index (χ0) is 18.4. The van der Waals surface area contributed by atoms with Crippen molar-refractivity contribution in [3.05, 3.63) is 64.6 Å². The number of benzene rings is 2. The van der Waals surface area contributed by atoms with Crippen molar-refractivity contribution in [1.29, 1.82) is 0 Å². The third kappa shape index (κ3) is 5.08. The first-order valence-electron chi connectivity index (χ1n) is 8.75. The molecule has 1 unspecified atom stereocenters. The van der Waals surface area contributed by atoms with Gasteiger partial charge < -0.3 is 15.5 Å². The average Bonchev–Trinajstić information content (AvgIpc) is 3.11. The van der Waals surface area contributed by atoms with Gasteiger partial charge in [0.05, 0.1) is 0 Å². The summed E-state index contributed by atoms with van der Waals surface area (Å²) >= 11 is 3.34. The van der Waals surface area contributed by atoms with Gasteiger partial charge in [-0.1, -0.05) is 34.1 Å². The quantitative estimate of drug-likeness (QED) is 0.760. The van der Waals surface area contributed by atoms with E-state index in [1.54, 1.807) is 12.1 Å². The molecule has 1 heterocycles.